The maximum absolute atomic E-state index is 11.8. The fraction of sp³-hybridized carbons (Fsp3) is 1.00. The van der Waals surface area contributed by atoms with E-state index < -0.39 is 31.3 Å². The standard InChI is InChI=1S/4C16H35O4P.Mo/c4*1-5-7-9-11-13-15(3)19-21(17,18)20-16(4)14-12-10-8-6-2;/h4*15-16H,5-14H2,1-4H3,(H,17,18);/q;;;;+4/p-4. The number of phosphoric ester groups is 4. The van der Waals surface area contributed by atoms with E-state index in [0.29, 0.717) is 0 Å². The van der Waals surface area contributed by atoms with Gasteiger partial charge in [0.2, 0.25) is 0 Å². The molecule has 0 rings (SSSR count). The summed E-state index contributed by atoms with van der Waals surface area (Å²) in [6.07, 6.45) is 39.7. The van der Waals surface area contributed by atoms with E-state index in [4.69, 9.17) is 36.2 Å². The molecule has 0 aliphatic rings. The van der Waals surface area contributed by atoms with Crippen molar-refractivity contribution in [1.82, 2.24) is 0 Å². The van der Waals surface area contributed by atoms with Gasteiger partial charge in [0.15, 0.2) is 0 Å². The Balaban J connectivity index is -0.000000333. The topological polar surface area (TPSA) is 234 Å². The average Bonchev–Trinajstić information content (AvgIpc) is 3.39. The second-order valence-corrected chi connectivity index (χ2v) is 29.2. The molecule has 85 heavy (non-hydrogen) atoms. The minimum absolute atomic E-state index is 0. The van der Waals surface area contributed by atoms with Gasteiger partial charge in [0, 0.05) is 0 Å². The van der Waals surface area contributed by atoms with Gasteiger partial charge < -0.3 is 55.8 Å². The number of rotatable bonds is 56. The molecule has 0 saturated heterocycles. The minimum Gasteiger partial charge on any atom is -0.756 e. The maximum atomic E-state index is 11.8. The first-order valence-corrected chi connectivity index (χ1v) is 40.2. The van der Waals surface area contributed by atoms with Crippen molar-refractivity contribution in [1.29, 1.82) is 0 Å². The first kappa shape index (κ1) is 94.8. The van der Waals surface area contributed by atoms with E-state index in [2.05, 4.69) is 55.4 Å². The molecule has 514 valence electrons. The first-order chi connectivity index (χ1) is 39.6. The molecule has 0 aromatic rings. The van der Waals surface area contributed by atoms with Crippen LogP contribution >= 0.6 is 31.3 Å². The summed E-state index contributed by atoms with van der Waals surface area (Å²) >= 11 is 0. The van der Waals surface area contributed by atoms with Crippen LogP contribution in [0.1, 0.15) is 368 Å². The first-order valence-electron chi connectivity index (χ1n) is 34.3. The SMILES string of the molecule is CCCCCCC(C)OP(=O)([O-])OC(C)CCCCCC.CCCCCCC(C)OP(=O)([O-])OC(C)CCCCCC.CCCCCCC(C)OP(=O)([O-])OC(C)CCCCCC.CCCCCCC(C)OP(=O)([O-])OC(C)CCCCCC.[Mo+4]. The van der Waals surface area contributed by atoms with Crippen molar-refractivity contribution in [2.75, 3.05) is 0 Å². The predicted octanol–water partition coefficient (Wildman–Crippen LogP) is 20.8. The summed E-state index contributed by atoms with van der Waals surface area (Å²) in [5.74, 6) is 0. The molecule has 0 amide bonds. The van der Waals surface area contributed by atoms with Gasteiger partial charge in [0.1, 0.15) is 0 Å². The van der Waals surface area contributed by atoms with Gasteiger partial charge in [-0.05, 0) is 107 Å². The Labute approximate surface area is 539 Å². The van der Waals surface area contributed by atoms with E-state index in [1.54, 1.807) is 55.4 Å². The summed E-state index contributed by atoms with van der Waals surface area (Å²) in [5.41, 5.74) is 0. The van der Waals surface area contributed by atoms with Crippen LogP contribution in [0.2, 0.25) is 0 Å². The Kier molecular flexibility index (Phi) is 71.3. The summed E-state index contributed by atoms with van der Waals surface area (Å²) in [4.78, 5) is 47.2. The van der Waals surface area contributed by atoms with Crippen molar-refractivity contribution in [2.24, 2.45) is 0 Å². The molecule has 0 fully saturated rings. The normalized spacial score (nSPS) is 17.2. The minimum atomic E-state index is -4.17. The van der Waals surface area contributed by atoms with Crippen LogP contribution in [-0.2, 0) is 75.5 Å². The molecule has 0 bridgehead atoms. The zero-order chi connectivity index (χ0) is 64.6. The quantitative estimate of drug-likeness (QED) is 0.0313. The Morgan fingerprint density at radius 3 is 0.388 bits per heavy atom. The molecule has 0 aliphatic heterocycles. The van der Waals surface area contributed by atoms with Crippen LogP contribution in [0, 0.1) is 0 Å². The molecule has 21 heteroatoms. The van der Waals surface area contributed by atoms with Crippen LogP contribution in [0.5, 0.6) is 0 Å². The van der Waals surface area contributed by atoms with Crippen molar-refractivity contribution < 1.29 is 95.1 Å². The van der Waals surface area contributed by atoms with Crippen LogP contribution in [0.25, 0.3) is 0 Å². The molecule has 0 aliphatic carbocycles. The van der Waals surface area contributed by atoms with Crippen LogP contribution < -0.4 is 19.6 Å². The summed E-state index contributed by atoms with van der Waals surface area (Å²) in [6, 6.07) is 0. The fourth-order valence-electron chi connectivity index (χ4n) is 9.15. The summed E-state index contributed by atoms with van der Waals surface area (Å²) in [5, 5.41) is 0. The van der Waals surface area contributed by atoms with Gasteiger partial charge in [-0.15, -0.1) is 0 Å². The van der Waals surface area contributed by atoms with Crippen molar-refractivity contribution in [3.8, 4) is 0 Å². The average molecular weight is 1380 g/mol. The third-order valence-electron chi connectivity index (χ3n) is 14.2. The summed E-state index contributed by atoms with van der Waals surface area (Å²) in [7, 11) is -16.7. The van der Waals surface area contributed by atoms with E-state index >= 15 is 0 Å². The number of unbranched alkanes of at least 4 members (excludes halogenated alkanes) is 24. The van der Waals surface area contributed by atoms with E-state index in [1.807, 2.05) is 0 Å². The Morgan fingerprint density at radius 2 is 0.306 bits per heavy atom. The fourth-order valence-corrected chi connectivity index (χ4v) is 13.7. The second kappa shape index (κ2) is 63.9. The van der Waals surface area contributed by atoms with Gasteiger partial charge in [0.25, 0.3) is 31.3 Å². The number of hydrogen-bond acceptors (Lipinski definition) is 16. The Hall–Kier alpha value is 1.13. The van der Waals surface area contributed by atoms with E-state index in [9.17, 15) is 37.8 Å². The zero-order valence-electron chi connectivity index (χ0n) is 57.6. The maximum Gasteiger partial charge on any atom is 4.00 e. The third-order valence-corrected chi connectivity index (χ3v) is 19.1. The number of hydrogen-bond donors (Lipinski definition) is 0. The third kappa shape index (κ3) is 74.1. The molecule has 0 saturated carbocycles. The molecule has 8 unspecified atom stereocenters. The number of phosphoric acid groups is 4. The Morgan fingerprint density at radius 1 is 0.212 bits per heavy atom. The molecule has 16 nitrogen and oxygen atoms in total. The smallest absolute Gasteiger partial charge is 0.756 e. The van der Waals surface area contributed by atoms with Crippen LogP contribution in [0.4, 0.5) is 0 Å². The van der Waals surface area contributed by atoms with E-state index in [1.165, 1.54) is 103 Å². The van der Waals surface area contributed by atoms with Gasteiger partial charge in [0.05, 0.1) is 48.8 Å². The van der Waals surface area contributed by atoms with Gasteiger partial charge in [-0.3, -0.25) is 18.3 Å². The van der Waals surface area contributed by atoms with E-state index in [0.717, 1.165) is 154 Å². The van der Waals surface area contributed by atoms with Gasteiger partial charge in [-0.2, -0.15) is 0 Å². The molecular formula is C64H136MoO16P4. The van der Waals surface area contributed by atoms with Crippen molar-refractivity contribution in [3.63, 3.8) is 0 Å². The monoisotopic (exact) mass is 1380 g/mol. The summed E-state index contributed by atoms with van der Waals surface area (Å²) < 4.78 is 88.0. The predicted molar refractivity (Wildman–Crippen MR) is 345 cm³/mol. The van der Waals surface area contributed by atoms with Crippen LogP contribution in [0.15, 0.2) is 0 Å². The molecule has 0 spiro atoms. The van der Waals surface area contributed by atoms with Crippen molar-refractivity contribution in [2.45, 2.75) is 416 Å². The largest absolute Gasteiger partial charge is 4.00 e. The van der Waals surface area contributed by atoms with Crippen molar-refractivity contribution >= 4 is 31.3 Å². The van der Waals surface area contributed by atoms with E-state index in [-0.39, 0.29) is 69.9 Å². The van der Waals surface area contributed by atoms with Crippen molar-refractivity contribution in [3.05, 3.63) is 0 Å². The molecule has 0 aromatic carbocycles. The Bertz CT molecular complexity index is 1270. The second-order valence-electron chi connectivity index (χ2n) is 23.9. The molecule has 8 atom stereocenters. The van der Waals surface area contributed by atoms with Gasteiger partial charge in [-0.25, -0.2) is 0 Å². The molecule has 0 N–H and O–H groups in total. The van der Waals surface area contributed by atoms with Gasteiger partial charge in [-0.1, -0.05) is 261 Å². The molecular weight excluding hydrogens is 1240 g/mol. The van der Waals surface area contributed by atoms with Crippen LogP contribution in [-0.4, -0.2) is 48.8 Å². The summed E-state index contributed by atoms with van der Waals surface area (Å²) in [6.45, 7) is 31.6. The van der Waals surface area contributed by atoms with Crippen LogP contribution in [0.3, 0.4) is 0 Å². The molecule has 0 radical (unpaired) electrons. The van der Waals surface area contributed by atoms with Gasteiger partial charge >= 0.3 is 21.1 Å². The zero-order valence-corrected chi connectivity index (χ0v) is 63.2. The molecule has 0 aromatic heterocycles. The molecule has 0 heterocycles.